The van der Waals surface area contributed by atoms with Crippen LogP contribution in [0.15, 0.2) is 0 Å². The van der Waals surface area contributed by atoms with Gasteiger partial charge in [0.2, 0.25) is 5.91 Å². The summed E-state index contributed by atoms with van der Waals surface area (Å²) in [7, 11) is 2.78. The van der Waals surface area contributed by atoms with Crippen molar-refractivity contribution in [2.75, 3.05) is 27.2 Å². The van der Waals surface area contributed by atoms with E-state index < -0.39 is 35.9 Å². The van der Waals surface area contributed by atoms with Crippen molar-refractivity contribution in [3.8, 4) is 0 Å². The maximum absolute atomic E-state index is 11.9. The van der Waals surface area contributed by atoms with Crippen molar-refractivity contribution in [3.63, 3.8) is 0 Å². The molecule has 8 nitrogen and oxygen atoms in total. The zero-order valence-corrected chi connectivity index (χ0v) is 11.3. The predicted octanol–water partition coefficient (Wildman–Crippen LogP) is -0.798. The molecule has 0 radical (unpaired) electrons. The Morgan fingerprint density at radius 1 is 1.37 bits per heavy atom. The number of rotatable bonds is 4. The van der Waals surface area contributed by atoms with Crippen LogP contribution in [0.5, 0.6) is 0 Å². The highest BCUT2D eigenvalue weighted by atomic mass is 16.4. The predicted molar refractivity (Wildman–Crippen MR) is 64.2 cm³/mol. The number of carboxylic acid groups (broad SMARTS) is 1. The number of carboxylic acids is 1. The van der Waals surface area contributed by atoms with Crippen LogP contribution < -0.4 is 0 Å². The minimum Gasteiger partial charge on any atom is -0.480 e. The normalized spacial score (nSPS) is 16.0. The number of amides is 4. The van der Waals surface area contributed by atoms with Gasteiger partial charge in [0, 0.05) is 14.1 Å². The van der Waals surface area contributed by atoms with Crippen LogP contribution >= 0.6 is 0 Å². The maximum atomic E-state index is 11.9. The van der Waals surface area contributed by atoms with Crippen molar-refractivity contribution >= 4 is 23.8 Å². The molecule has 106 valence electrons. The lowest BCUT2D eigenvalue weighted by molar-refractivity contribution is -0.155. The molecule has 1 N–H and O–H groups in total. The summed E-state index contributed by atoms with van der Waals surface area (Å²) in [6.45, 7) is 2.22. The molecule has 0 aromatic heterocycles. The third kappa shape index (κ3) is 2.67. The van der Waals surface area contributed by atoms with E-state index in [4.69, 9.17) is 5.11 Å². The average Bonchev–Trinajstić information content (AvgIpc) is 2.54. The first-order valence-electron chi connectivity index (χ1n) is 5.64. The van der Waals surface area contributed by atoms with Gasteiger partial charge in [-0.1, -0.05) is 0 Å². The average molecular weight is 271 g/mol. The Bertz CT molecular complexity index is 446. The molecule has 0 saturated carbocycles. The second-order valence-electron chi connectivity index (χ2n) is 4.94. The fourth-order valence-electron chi connectivity index (χ4n) is 1.52. The minimum absolute atomic E-state index is 0.0713. The van der Waals surface area contributed by atoms with E-state index in [-0.39, 0.29) is 6.54 Å². The molecule has 1 heterocycles. The van der Waals surface area contributed by atoms with Crippen molar-refractivity contribution in [3.05, 3.63) is 0 Å². The summed E-state index contributed by atoms with van der Waals surface area (Å²) in [4.78, 5) is 49.1. The highest BCUT2D eigenvalue weighted by Gasteiger charge is 2.39. The topological polar surface area (TPSA) is 98.2 Å². The van der Waals surface area contributed by atoms with Crippen LogP contribution in [0.3, 0.4) is 0 Å². The molecule has 8 heteroatoms. The van der Waals surface area contributed by atoms with Gasteiger partial charge in [-0.05, 0) is 13.8 Å². The molecule has 0 atom stereocenters. The molecule has 1 fully saturated rings. The quantitative estimate of drug-likeness (QED) is 0.675. The Labute approximate surface area is 110 Å². The number of aliphatic carboxylic acids is 1. The summed E-state index contributed by atoms with van der Waals surface area (Å²) in [6.07, 6.45) is 0. The number of hydrogen-bond donors (Lipinski definition) is 1. The first-order valence-corrected chi connectivity index (χ1v) is 5.64. The monoisotopic (exact) mass is 271 g/mol. The Balaban J connectivity index is 2.78. The van der Waals surface area contributed by atoms with Crippen LogP contribution in [0, 0.1) is 0 Å². The van der Waals surface area contributed by atoms with Gasteiger partial charge >= 0.3 is 12.0 Å². The molecule has 1 aliphatic rings. The van der Waals surface area contributed by atoms with Gasteiger partial charge in [-0.2, -0.15) is 0 Å². The Morgan fingerprint density at radius 2 is 1.89 bits per heavy atom. The van der Waals surface area contributed by atoms with Crippen LogP contribution in [-0.4, -0.2) is 76.3 Å². The SMILES string of the molecule is CN1CC(=O)N(CC(=O)N(C)C(C)(C)C(=O)O)C1=O. The lowest BCUT2D eigenvalue weighted by Gasteiger charge is -2.32. The lowest BCUT2D eigenvalue weighted by atomic mass is 10.0. The number of likely N-dealkylation sites (N-methyl/N-ethyl adjacent to an activating group) is 2. The van der Waals surface area contributed by atoms with E-state index in [0.717, 1.165) is 9.80 Å². The second kappa shape index (κ2) is 4.87. The van der Waals surface area contributed by atoms with Crippen LogP contribution in [0.25, 0.3) is 0 Å². The molecule has 1 aliphatic heterocycles. The molecule has 0 aromatic rings. The molecule has 0 bridgehead atoms. The fourth-order valence-corrected chi connectivity index (χ4v) is 1.52. The lowest BCUT2D eigenvalue weighted by Crippen LogP contribution is -2.54. The molecule has 1 rings (SSSR count). The number of nitrogens with zero attached hydrogens (tertiary/aromatic N) is 3. The minimum atomic E-state index is -1.41. The molecule has 1 saturated heterocycles. The zero-order valence-electron chi connectivity index (χ0n) is 11.3. The van der Waals surface area contributed by atoms with Crippen molar-refractivity contribution in [2.45, 2.75) is 19.4 Å². The van der Waals surface area contributed by atoms with Gasteiger partial charge in [0.25, 0.3) is 5.91 Å². The highest BCUT2D eigenvalue weighted by Crippen LogP contribution is 2.14. The Kier molecular flexibility index (Phi) is 3.83. The summed E-state index contributed by atoms with van der Waals surface area (Å²) < 4.78 is 0. The number of carbonyl (C=O) groups is 4. The van der Waals surface area contributed by atoms with Gasteiger partial charge in [0.1, 0.15) is 18.6 Å². The fraction of sp³-hybridized carbons (Fsp3) is 0.636. The van der Waals surface area contributed by atoms with E-state index in [0.29, 0.717) is 0 Å². The number of urea groups is 1. The van der Waals surface area contributed by atoms with Crippen molar-refractivity contribution in [1.29, 1.82) is 0 Å². The number of carbonyl (C=O) groups excluding carboxylic acids is 3. The highest BCUT2D eigenvalue weighted by molar-refractivity contribution is 6.04. The van der Waals surface area contributed by atoms with Crippen molar-refractivity contribution in [1.82, 2.24) is 14.7 Å². The van der Waals surface area contributed by atoms with Crippen LogP contribution in [0.1, 0.15) is 13.8 Å². The van der Waals surface area contributed by atoms with Crippen molar-refractivity contribution < 1.29 is 24.3 Å². The van der Waals surface area contributed by atoms with E-state index >= 15 is 0 Å². The van der Waals surface area contributed by atoms with E-state index in [1.807, 2.05) is 0 Å². The third-order valence-corrected chi connectivity index (χ3v) is 3.26. The van der Waals surface area contributed by atoms with Crippen LogP contribution in [0.2, 0.25) is 0 Å². The molecular weight excluding hydrogens is 254 g/mol. The zero-order chi connectivity index (χ0) is 15.0. The summed E-state index contributed by atoms with van der Waals surface area (Å²) in [5.41, 5.74) is -1.41. The smallest absolute Gasteiger partial charge is 0.329 e. The Hall–Kier alpha value is -2.12. The maximum Gasteiger partial charge on any atom is 0.329 e. The molecule has 0 unspecified atom stereocenters. The molecule has 19 heavy (non-hydrogen) atoms. The number of hydrogen-bond acceptors (Lipinski definition) is 4. The van der Waals surface area contributed by atoms with Gasteiger partial charge in [-0.25, -0.2) is 9.59 Å². The molecule has 4 amide bonds. The van der Waals surface area contributed by atoms with Gasteiger partial charge < -0.3 is 14.9 Å². The standard InChI is InChI=1S/C11H17N3O5/c1-11(2,9(17)18)13(4)7(15)6-14-8(16)5-12(3)10(14)19/h5-6H2,1-4H3,(H,17,18). The summed E-state index contributed by atoms with van der Waals surface area (Å²) >= 11 is 0. The van der Waals surface area contributed by atoms with Crippen LogP contribution in [0.4, 0.5) is 4.79 Å². The van der Waals surface area contributed by atoms with E-state index in [1.165, 1.54) is 32.8 Å². The second-order valence-corrected chi connectivity index (χ2v) is 4.94. The Morgan fingerprint density at radius 3 is 2.26 bits per heavy atom. The third-order valence-electron chi connectivity index (χ3n) is 3.26. The van der Waals surface area contributed by atoms with E-state index in [1.54, 1.807) is 0 Å². The van der Waals surface area contributed by atoms with Gasteiger partial charge in [0.05, 0.1) is 0 Å². The summed E-state index contributed by atoms with van der Waals surface area (Å²) in [5, 5.41) is 9.02. The molecule has 0 aromatic carbocycles. The first-order chi connectivity index (χ1) is 8.59. The van der Waals surface area contributed by atoms with E-state index in [2.05, 4.69) is 0 Å². The summed E-state index contributed by atoms with van der Waals surface area (Å²) in [6, 6.07) is -0.556. The van der Waals surface area contributed by atoms with Gasteiger partial charge in [-0.15, -0.1) is 0 Å². The van der Waals surface area contributed by atoms with E-state index in [9.17, 15) is 19.2 Å². The molecular formula is C11H17N3O5. The largest absolute Gasteiger partial charge is 0.480 e. The first kappa shape index (κ1) is 14.9. The molecule has 0 aliphatic carbocycles. The van der Waals surface area contributed by atoms with Crippen molar-refractivity contribution in [2.24, 2.45) is 0 Å². The van der Waals surface area contributed by atoms with Crippen LogP contribution in [-0.2, 0) is 14.4 Å². The van der Waals surface area contributed by atoms with Gasteiger partial charge in [0.15, 0.2) is 0 Å². The van der Waals surface area contributed by atoms with Gasteiger partial charge in [-0.3, -0.25) is 14.5 Å². The summed E-state index contributed by atoms with van der Waals surface area (Å²) in [5.74, 6) is -2.24. The number of imide groups is 1. The molecule has 0 spiro atoms.